The van der Waals surface area contributed by atoms with E-state index in [0.717, 1.165) is 12.5 Å². The van der Waals surface area contributed by atoms with Crippen LogP contribution >= 0.6 is 0 Å². The van der Waals surface area contributed by atoms with E-state index in [-0.39, 0.29) is 22.8 Å². The molecule has 0 fully saturated rings. The van der Waals surface area contributed by atoms with Gasteiger partial charge in [-0.1, -0.05) is 0 Å². The number of rotatable bonds is 5. The Hall–Kier alpha value is -2.29. The zero-order chi connectivity index (χ0) is 17.2. The number of hydrogen-bond donors (Lipinski definition) is 0. The molecule has 1 aromatic heterocycles. The summed E-state index contributed by atoms with van der Waals surface area (Å²) in [5.41, 5.74) is 0.259. The third-order valence-corrected chi connectivity index (χ3v) is 4.34. The first-order chi connectivity index (χ1) is 10.7. The Bertz CT molecular complexity index is 801. The van der Waals surface area contributed by atoms with Crippen molar-refractivity contribution in [2.24, 2.45) is 0 Å². The van der Waals surface area contributed by atoms with Gasteiger partial charge in [-0.3, -0.25) is 9.36 Å². The van der Waals surface area contributed by atoms with Crippen molar-refractivity contribution < 1.29 is 22.0 Å². The summed E-state index contributed by atoms with van der Waals surface area (Å²) in [7, 11) is -1.89. The van der Waals surface area contributed by atoms with Crippen LogP contribution in [0.2, 0.25) is 0 Å². The number of carbonyl (C=O) groups excluding carboxylic acids is 1. The fourth-order valence-corrected chi connectivity index (χ4v) is 2.62. The van der Waals surface area contributed by atoms with E-state index in [1.54, 1.807) is 0 Å². The highest BCUT2D eigenvalue weighted by atomic mass is 32.2. The summed E-state index contributed by atoms with van der Waals surface area (Å²) in [5.74, 6) is -0.363. The topological polar surface area (TPSA) is 72.3 Å². The average molecular weight is 343 g/mol. The van der Waals surface area contributed by atoms with Crippen molar-refractivity contribution in [3.05, 3.63) is 48.0 Å². The number of hydrogen-bond acceptors (Lipinski definition) is 4. The zero-order valence-corrected chi connectivity index (χ0v) is 13.3. The minimum Gasteiger partial charge on any atom is -0.334 e. The maximum absolute atomic E-state index is 12.8. The van der Waals surface area contributed by atoms with Crippen molar-refractivity contribution >= 4 is 15.7 Å². The number of imidazole rings is 1. The Kier molecular flexibility index (Phi) is 4.79. The molecule has 6 nitrogen and oxygen atoms in total. The average Bonchev–Trinajstić information content (AvgIpc) is 2.94. The molecule has 0 unspecified atom stereocenters. The fraction of sp³-hybridized carbons (Fsp3) is 0.286. The van der Waals surface area contributed by atoms with Gasteiger partial charge in [0.15, 0.2) is 9.84 Å². The van der Waals surface area contributed by atoms with Crippen LogP contribution in [0, 0.1) is 0 Å². The molecular weight excluding hydrogens is 328 g/mol. The van der Waals surface area contributed by atoms with Gasteiger partial charge in [-0.15, -0.1) is 0 Å². The van der Waals surface area contributed by atoms with E-state index in [1.807, 2.05) is 0 Å². The summed E-state index contributed by atoms with van der Waals surface area (Å²) in [4.78, 5) is 17.4. The molecule has 0 aliphatic rings. The molecule has 0 radical (unpaired) electrons. The van der Waals surface area contributed by atoms with E-state index in [2.05, 4.69) is 4.98 Å². The van der Waals surface area contributed by atoms with E-state index < -0.39 is 22.3 Å². The molecule has 0 aliphatic heterocycles. The van der Waals surface area contributed by atoms with Crippen LogP contribution in [0.15, 0.2) is 41.6 Å². The zero-order valence-electron chi connectivity index (χ0n) is 12.5. The SMILES string of the molecule is CN(Cc1nccn1C(F)F)C(=O)c1ccc(S(C)(=O)=O)cc1. The minimum absolute atomic E-state index is 0.0589. The number of amides is 1. The monoisotopic (exact) mass is 343 g/mol. The van der Waals surface area contributed by atoms with Gasteiger partial charge in [-0.05, 0) is 24.3 Å². The standard InChI is InChI=1S/C14H15F2N3O3S/c1-18(9-12-17-7-8-19(12)14(15)16)13(20)10-3-5-11(6-4-10)23(2,21)22/h3-8,14H,9H2,1-2H3. The molecule has 9 heteroatoms. The predicted molar refractivity (Wildman–Crippen MR) is 78.8 cm³/mol. The summed E-state index contributed by atoms with van der Waals surface area (Å²) < 4.78 is 49.0. The van der Waals surface area contributed by atoms with Crippen LogP contribution in [0.25, 0.3) is 0 Å². The largest absolute Gasteiger partial charge is 0.334 e. The summed E-state index contributed by atoms with van der Waals surface area (Å²) in [5, 5.41) is 0. The van der Waals surface area contributed by atoms with Gasteiger partial charge < -0.3 is 4.90 Å². The molecule has 2 aromatic rings. The number of carbonyl (C=O) groups is 1. The van der Waals surface area contributed by atoms with Gasteiger partial charge in [-0.25, -0.2) is 13.4 Å². The highest BCUT2D eigenvalue weighted by Crippen LogP contribution is 2.16. The lowest BCUT2D eigenvalue weighted by Gasteiger charge is -2.17. The van der Waals surface area contributed by atoms with Crippen LogP contribution in [0.4, 0.5) is 8.78 Å². The summed E-state index contributed by atoms with van der Waals surface area (Å²) >= 11 is 0. The van der Waals surface area contributed by atoms with E-state index in [0.29, 0.717) is 4.57 Å². The predicted octanol–water partition coefficient (Wildman–Crippen LogP) is 1.95. The molecule has 0 N–H and O–H groups in total. The number of nitrogens with zero attached hydrogens (tertiary/aromatic N) is 3. The van der Waals surface area contributed by atoms with Crippen molar-refractivity contribution in [1.29, 1.82) is 0 Å². The van der Waals surface area contributed by atoms with E-state index in [9.17, 15) is 22.0 Å². The van der Waals surface area contributed by atoms with Gasteiger partial charge in [0.2, 0.25) is 0 Å². The maximum Gasteiger partial charge on any atom is 0.319 e. The van der Waals surface area contributed by atoms with Crippen molar-refractivity contribution in [2.75, 3.05) is 13.3 Å². The Morgan fingerprint density at radius 2 is 1.91 bits per heavy atom. The highest BCUT2D eigenvalue weighted by molar-refractivity contribution is 7.90. The van der Waals surface area contributed by atoms with Gasteiger partial charge >= 0.3 is 6.55 Å². The van der Waals surface area contributed by atoms with Gasteiger partial charge in [0.25, 0.3) is 5.91 Å². The lowest BCUT2D eigenvalue weighted by Crippen LogP contribution is -2.27. The number of sulfone groups is 1. The van der Waals surface area contributed by atoms with Gasteiger partial charge in [0.1, 0.15) is 5.82 Å². The van der Waals surface area contributed by atoms with Crippen molar-refractivity contribution in [2.45, 2.75) is 18.0 Å². The molecular formula is C14H15F2N3O3S. The number of halogens is 2. The van der Waals surface area contributed by atoms with E-state index >= 15 is 0 Å². The Labute approximate surface area is 132 Å². The van der Waals surface area contributed by atoms with Gasteiger partial charge in [0, 0.05) is 31.3 Å². The first-order valence-corrected chi connectivity index (χ1v) is 8.44. The summed E-state index contributed by atoms with van der Waals surface area (Å²) in [6.07, 6.45) is 3.44. The maximum atomic E-state index is 12.8. The fourth-order valence-electron chi connectivity index (χ4n) is 1.99. The molecule has 0 bridgehead atoms. The molecule has 0 atom stereocenters. The molecule has 2 rings (SSSR count). The van der Waals surface area contributed by atoms with Crippen LogP contribution in [-0.4, -0.2) is 42.1 Å². The Morgan fingerprint density at radius 3 is 2.43 bits per heavy atom. The molecule has 124 valence electrons. The second kappa shape index (κ2) is 6.45. The van der Waals surface area contributed by atoms with Crippen molar-refractivity contribution in [1.82, 2.24) is 14.5 Å². The van der Waals surface area contributed by atoms with Crippen LogP contribution in [-0.2, 0) is 16.4 Å². The number of benzene rings is 1. The third-order valence-electron chi connectivity index (χ3n) is 3.21. The first kappa shape index (κ1) is 17.1. The van der Waals surface area contributed by atoms with Crippen LogP contribution in [0.1, 0.15) is 22.7 Å². The number of alkyl halides is 2. The van der Waals surface area contributed by atoms with Gasteiger partial charge in [0.05, 0.1) is 11.4 Å². The van der Waals surface area contributed by atoms with Crippen LogP contribution in [0.5, 0.6) is 0 Å². The summed E-state index contributed by atoms with van der Waals surface area (Å²) in [6, 6.07) is 5.43. The van der Waals surface area contributed by atoms with E-state index in [4.69, 9.17) is 0 Å². The first-order valence-electron chi connectivity index (χ1n) is 6.55. The second-order valence-corrected chi connectivity index (χ2v) is 7.00. The van der Waals surface area contributed by atoms with Crippen LogP contribution in [0.3, 0.4) is 0 Å². The molecule has 0 saturated heterocycles. The molecule has 0 spiro atoms. The van der Waals surface area contributed by atoms with Crippen LogP contribution < -0.4 is 0 Å². The van der Waals surface area contributed by atoms with Gasteiger partial charge in [-0.2, -0.15) is 8.78 Å². The number of aromatic nitrogens is 2. The lowest BCUT2D eigenvalue weighted by atomic mass is 10.2. The quantitative estimate of drug-likeness (QED) is 0.832. The second-order valence-electron chi connectivity index (χ2n) is 4.99. The molecule has 0 aliphatic carbocycles. The molecule has 23 heavy (non-hydrogen) atoms. The Balaban J connectivity index is 2.15. The molecule has 1 aromatic carbocycles. The molecule has 1 heterocycles. The normalized spacial score (nSPS) is 11.7. The smallest absolute Gasteiger partial charge is 0.319 e. The Morgan fingerprint density at radius 1 is 1.30 bits per heavy atom. The summed E-state index contributed by atoms with van der Waals surface area (Å²) in [6.45, 7) is -2.82. The molecule has 0 saturated carbocycles. The lowest BCUT2D eigenvalue weighted by molar-refractivity contribution is 0.0612. The molecule has 1 amide bonds. The highest BCUT2D eigenvalue weighted by Gasteiger charge is 2.18. The van der Waals surface area contributed by atoms with E-state index in [1.165, 1.54) is 42.4 Å². The minimum atomic E-state index is -3.34. The van der Waals surface area contributed by atoms with Crippen molar-refractivity contribution in [3.8, 4) is 0 Å². The van der Waals surface area contributed by atoms with Crippen molar-refractivity contribution in [3.63, 3.8) is 0 Å². The third kappa shape index (κ3) is 3.92.